The molecule has 0 unspecified atom stereocenters. The first-order valence-corrected chi connectivity index (χ1v) is 8.60. The largest absolute Gasteiger partial charge is 0.352 e. The van der Waals surface area contributed by atoms with Crippen LogP contribution < -0.4 is 5.32 Å². The van der Waals surface area contributed by atoms with E-state index in [-0.39, 0.29) is 12.6 Å². The maximum absolute atomic E-state index is 12.8. The van der Waals surface area contributed by atoms with Crippen molar-refractivity contribution in [3.05, 3.63) is 35.9 Å². The van der Waals surface area contributed by atoms with Gasteiger partial charge in [-0.1, -0.05) is 37.3 Å². The zero-order valence-electron chi connectivity index (χ0n) is 10.9. The van der Waals surface area contributed by atoms with E-state index in [2.05, 4.69) is 12.2 Å². The molecule has 0 aliphatic carbocycles. The van der Waals surface area contributed by atoms with Crippen LogP contribution in [-0.4, -0.2) is 25.1 Å². The fraction of sp³-hybridized carbons (Fsp3) is 0.538. The third-order valence-corrected chi connectivity index (χ3v) is 5.41. The molecular formula is C13H19ClNO3P. The third-order valence-electron chi connectivity index (χ3n) is 3.12. The number of rotatable bonds is 5. The number of hydrogen-bond acceptors (Lipinski definition) is 4. The van der Waals surface area contributed by atoms with Crippen LogP contribution in [0.3, 0.4) is 0 Å². The minimum atomic E-state index is -3.21. The zero-order chi connectivity index (χ0) is 13.7. The van der Waals surface area contributed by atoms with Gasteiger partial charge in [0.2, 0.25) is 0 Å². The monoisotopic (exact) mass is 303 g/mol. The van der Waals surface area contributed by atoms with Crippen LogP contribution in [0.25, 0.3) is 0 Å². The Labute approximate surface area is 119 Å². The van der Waals surface area contributed by atoms with Crippen molar-refractivity contribution in [3.63, 3.8) is 0 Å². The van der Waals surface area contributed by atoms with Crippen LogP contribution in [0.2, 0.25) is 0 Å². The second-order valence-corrected chi connectivity index (χ2v) is 6.93. The Morgan fingerprint density at radius 1 is 1.47 bits per heavy atom. The van der Waals surface area contributed by atoms with Gasteiger partial charge in [-0.2, -0.15) is 0 Å². The van der Waals surface area contributed by atoms with Crippen molar-refractivity contribution in [2.45, 2.75) is 25.2 Å². The predicted octanol–water partition coefficient (Wildman–Crippen LogP) is 3.53. The average Bonchev–Trinajstić information content (AvgIpc) is 2.46. The summed E-state index contributed by atoms with van der Waals surface area (Å²) in [5, 5.41) is 3.36. The lowest BCUT2D eigenvalue weighted by Crippen LogP contribution is -2.41. The lowest BCUT2D eigenvalue weighted by Gasteiger charge is -2.36. The fourth-order valence-electron chi connectivity index (χ4n) is 2.05. The van der Waals surface area contributed by atoms with Crippen molar-refractivity contribution in [2.75, 3.05) is 19.1 Å². The molecule has 1 heterocycles. The van der Waals surface area contributed by atoms with E-state index >= 15 is 0 Å². The van der Waals surface area contributed by atoms with Crippen molar-refractivity contribution in [2.24, 2.45) is 0 Å². The number of halogens is 1. The van der Waals surface area contributed by atoms with Crippen molar-refractivity contribution < 1.29 is 13.6 Å². The van der Waals surface area contributed by atoms with Gasteiger partial charge < -0.3 is 9.05 Å². The molecule has 1 aromatic rings. The summed E-state index contributed by atoms with van der Waals surface area (Å²) in [6.07, 6.45) is 0.916. The molecular weight excluding hydrogens is 285 g/mol. The summed E-state index contributed by atoms with van der Waals surface area (Å²) in [6.45, 7) is 2.69. The molecule has 1 saturated heterocycles. The van der Waals surface area contributed by atoms with Gasteiger partial charge in [0.1, 0.15) is 5.78 Å². The van der Waals surface area contributed by atoms with Crippen LogP contribution in [-0.2, 0) is 13.6 Å². The highest BCUT2D eigenvalue weighted by atomic mass is 35.5. The Balaban J connectivity index is 2.23. The first-order valence-electron chi connectivity index (χ1n) is 6.45. The lowest BCUT2D eigenvalue weighted by atomic mass is 10.2. The van der Waals surface area contributed by atoms with Crippen molar-refractivity contribution in [3.8, 4) is 0 Å². The maximum atomic E-state index is 12.8. The van der Waals surface area contributed by atoms with Gasteiger partial charge in [0, 0.05) is 11.9 Å². The van der Waals surface area contributed by atoms with E-state index in [1.807, 2.05) is 30.3 Å². The van der Waals surface area contributed by atoms with E-state index < -0.39 is 13.4 Å². The zero-order valence-corrected chi connectivity index (χ0v) is 12.6. The van der Waals surface area contributed by atoms with Gasteiger partial charge in [0.15, 0.2) is 0 Å². The number of hydrogen-bond donors (Lipinski definition) is 1. The van der Waals surface area contributed by atoms with Crippen LogP contribution in [0.15, 0.2) is 30.3 Å². The molecule has 0 saturated carbocycles. The summed E-state index contributed by atoms with van der Waals surface area (Å²) in [4.78, 5) is 0. The quantitative estimate of drug-likeness (QED) is 0.668. The molecule has 4 nitrogen and oxygen atoms in total. The molecule has 3 atom stereocenters. The molecule has 0 bridgehead atoms. The highest BCUT2D eigenvalue weighted by Gasteiger charge is 2.42. The van der Waals surface area contributed by atoms with Gasteiger partial charge in [-0.15, -0.1) is 11.6 Å². The molecule has 1 aromatic carbocycles. The molecule has 1 fully saturated rings. The van der Waals surface area contributed by atoms with Gasteiger partial charge in [-0.05, 0) is 12.0 Å². The summed E-state index contributed by atoms with van der Waals surface area (Å²) in [5.41, 5.74) is 0.915. The van der Waals surface area contributed by atoms with Crippen molar-refractivity contribution >= 4 is 19.2 Å². The van der Waals surface area contributed by atoms with Crippen LogP contribution in [0, 0.1) is 0 Å². The summed E-state index contributed by atoms with van der Waals surface area (Å²) in [7, 11) is -3.21. The Kier molecular flexibility index (Phi) is 5.43. The molecule has 19 heavy (non-hydrogen) atoms. The smallest absolute Gasteiger partial charge is 0.306 e. The molecule has 0 amide bonds. The summed E-state index contributed by atoms with van der Waals surface area (Å²) < 4.78 is 23.8. The molecule has 1 N–H and O–H groups in total. The molecule has 1 aliphatic rings. The van der Waals surface area contributed by atoms with E-state index in [0.717, 1.165) is 12.0 Å². The van der Waals surface area contributed by atoms with Gasteiger partial charge in [-0.3, -0.25) is 9.88 Å². The first kappa shape index (κ1) is 15.0. The second kappa shape index (κ2) is 6.87. The molecule has 0 aromatic heterocycles. The van der Waals surface area contributed by atoms with Crippen LogP contribution in [0.4, 0.5) is 0 Å². The Hall–Kier alpha value is -0.380. The standard InChI is InChI=1S/C13H19ClNO3P/c1-2-12-10-18-19(16,17-9-8-14)13(15-12)11-6-4-3-5-7-11/h3-7,12-13,15H,2,8-10H2,1H3/t12-,13-,19-/m1/s1. The van der Waals surface area contributed by atoms with Crippen LogP contribution in [0.5, 0.6) is 0 Å². The van der Waals surface area contributed by atoms with Gasteiger partial charge in [-0.25, -0.2) is 0 Å². The Morgan fingerprint density at radius 2 is 2.21 bits per heavy atom. The van der Waals surface area contributed by atoms with E-state index in [0.29, 0.717) is 12.5 Å². The summed E-state index contributed by atoms with van der Waals surface area (Å²) >= 11 is 5.61. The topological polar surface area (TPSA) is 47.6 Å². The Morgan fingerprint density at radius 3 is 2.84 bits per heavy atom. The molecule has 2 rings (SSSR count). The van der Waals surface area contributed by atoms with Crippen LogP contribution in [0.1, 0.15) is 24.7 Å². The minimum Gasteiger partial charge on any atom is -0.306 e. The van der Waals surface area contributed by atoms with Gasteiger partial charge >= 0.3 is 7.60 Å². The predicted molar refractivity (Wildman–Crippen MR) is 76.6 cm³/mol. The molecule has 0 radical (unpaired) electrons. The Bertz CT molecular complexity index is 443. The average molecular weight is 304 g/mol. The number of nitrogens with one attached hydrogen (secondary N) is 1. The molecule has 1 aliphatic heterocycles. The maximum Gasteiger partial charge on any atom is 0.352 e. The molecule has 106 valence electrons. The van der Waals surface area contributed by atoms with E-state index in [4.69, 9.17) is 20.6 Å². The minimum absolute atomic E-state index is 0.187. The summed E-state index contributed by atoms with van der Waals surface area (Å²) in [5.74, 6) is -0.123. The van der Waals surface area contributed by atoms with E-state index in [1.54, 1.807) is 0 Å². The van der Waals surface area contributed by atoms with Crippen molar-refractivity contribution in [1.82, 2.24) is 5.32 Å². The van der Waals surface area contributed by atoms with Crippen molar-refractivity contribution in [1.29, 1.82) is 0 Å². The third kappa shape index (κ3) is 3.59. The second-order valence-electron chi connectivity index (χ2n) is 4.44. The number of benzene rings is 1. The molecule has 6 heteroatoms. The van der Waals surface area contributed by atoms with E-state index in [9.17, 15) is 4.57 Å². The SMILES string of the molecule is CC[C@@H]1CO[P@](=O)(OCCCl)[C@H](c2ccccc2)N1. The highest BCUT2D eigenvalue weighted by molar-refractivity contribution is 7.54. The molecule has 0 spiro atoms. The normalized spacial score (nSPS) is 31.3. The van der Waals surface area contributed by atoms with Gasteiger partial charge in [0.25, 0.3) is 0 Å². The van der Waals surface area contributed by atoms with Gasteiger partial charge in [0.05, 0.1) is 13.2 Å². The summed E-state index contributed by atoms with van der Waals surface area (Å²) in [6, 6.07) is 9.80. The number of alkyl halides is 1. The fourth-order valence-corrected chi connectivity index (χ4v) is 4.28. The van der Waals surface area contributed by atoms with Crippen LogP contribution >= 0.6 is 19.2 Å². The first-order chi connectivity index (χ1) is 9.19. The van der Waals surface area contributed by atoms with E-state index in [1.165, 1.54) is 0 Å². The highest BCUT2D eigenvalue weighted by Crippen LogP contribution is 2.61. The lowest BCUT2D eigenvalue weighted by molar-refractivity contribution is 0.150.